The smallest absolute Gasteiger partial charge is 0.261 e. The second kappa shape index (κ2) is 9.37. The molecule has 3 aromatic carbocycles. The van der Waals surface area contributed by atoms with Gasteiger partial charge in [0.1, 0.15) is 16.5 Å². The number of carbonyl (C=O) groups excluding carboxylic acids is 2. The molecule has 39 heavy (non-hydrogen) atoms. The highest BCUT2D eigenvalue weighted by atomic mass is 32.1. The molecular weight excluding hydrogens is 526 g/mol. The van der Waals surface area contributed by atoms with Crippen molar-refractivity contribution in [1.29, 1.82) is 0 Å². The molecule has 0 aliphatic carbocycles. The van der Waals surface area contributed by atoms with Crippen molar-refractivity contribution in [3.63, 3.8) is 0 Å². The van der Waals surface area contributed by atoms with Gasteiger partial charge in [0.2, 0.25) is 0 Å². The molecule has 0 atom stereocenters. The van der Waals surface area contributed by atoms with E-state index in [1.165, 1.54) is 16.2 Å². The second-order valence-corrected chi connectivity index (χ2v) is 11.1. The summed E-state index contributed by atoms with van der Waals surface area (Å²) in [5, 5.41) is 2.80. The van der Waals surface area contributed by atoms with Gasteiger partial charge in [0.05, 0.1) is 39.1 Å². The molecule has 7 nitrogen and oxygen atoms in total. The van der Waals surface area contributed by atoms with Crippen molar-refractivity contribution < 1.29 is 9.59 Å². The molecule has 0 fully saturated rings. The van der Waals surface area contributed by atoms with Gasteiger partial charge < -0.3 is 4.57 Å². The van der Waals surface area contributed by atoms with E-state index in [2.05, 4.69) is 33.8 Å². The zero-order valence-corrected chi connectivity index (χ0v) is 22.5. The molecule has 0 unspecified atom stereocenters. The van der Waals surface area contributed by atoms with Crippen molar-refractivity contribution in [2.75, 3.05) is 0 Å². The number of benzene rings is 3. The van der Waals surface area contributed by atoms with Gasteiger partial charge in [-0.05, 0) is 36.8 Å². The highest BCUT2D eigenvalue weighted by Crippen LogP contribution is 2.37. The van der Waals surface area contributed by atoms with E-state index in [1.807, 2.05) is 42.1 Å². The minimum Gasteiger partial charge on any atom is -0.321 e. The minimum atomic E-state index is -0.302. The Labute approximate surface area is 232 Å². The fraction of sp³-hybridized carbons (Fsp3) is 0.100. The normalized spacial score (nSPS) is 13.0. The van der Waals surface area contributed by atoms with Crippen LogP contribution in [-0.4, -0.2) is 36.2 Å². The van der Waals surface area contributed by atoms with Crippen molar-refractivity contribution in [1.82, 2.24) is 24.4 Å². The van der Waals surface area contributed by atoms with Crippen LogP contribution in [0, 0.1) is 6.92 Å². The van der Waals surface area contributed by atoms with E-state index in [4.69, 9.17) is 9.97 Å². The van der Waals surface area contributed by atoms with Crippen LogP contribution in [0.1, 0.15) is 37.8 Å². The SMILES string of the molecule is Cc1csc(-c2nc(CN3C(=O)c4ccccc4C3=O)n(Cc3ccccc3)c2-c2ccc3ncsc3c2)n1. The number of amides is 2. The number of aromatic nitrogens is 4. The Kier molecular flexibility index (Phi) is 5.68. The van der Waals surface area contributed by atoms with Gasteiger partial charge in [0.15, 0.2) is 0 Å². The maximum Gasteiger partial charge on any atom is 0.261 e. The van der Waals surface area contributed by atoms with Crippen LogP contribution < -0.4 is 0 Å². The predicted molar refractivity (Wildman–Crippen MR) is 153 cm³/mol. The summed E-state index contributed by atoms with van der Waals surface area (Å²) in [4.78, 5) is 42.1. The van der Waals surface area contributed by atoms with Crippen LogP contribution >= 0.6 is 22.7 Å². The first-order valence-electron chi connectivity index (χ1n) is 12.4. The Morgan fingerprint density at radius 3 is 2.28 bits per heavy atom. The Hall–Kier alpha value is -4.47. The monoisotopic (exact) mass is 547 g/mol. The Morgan fingerprint density at radius 2 is 1.56 bits per heavy atom. The molecule has 0 saturated heterocycles. The van der Waals surface area contributed by atoms with Crippen molar-refractivity contribution in [2.24, 2.45) is 0 Å². The fourth-order valence-corrected chi connectivity index (χ4v) is 6.49. The third-order valence-electron chi connectivity index (χ3n) is 6.83. The number of hydrogen-bond acceptors (Lipinski definition) is 7. The molecule has 4 heterocycles. The van der Waals surface area contributed by atoms with E-state index in [9.17, 15) is 9.59 Å². The molecule has 3 aromatic heterocycles. The number of imidazole rings is 1. The molecule has 1 aliphatic rings. The first-order valence-corrected chi connectivity index (χ1v) is 14.2. The maximum absolute atomic E-state index is 13.3. The summed E-state index contributed by atoms with van der Waals surface area (Å²) >= 11 is 3.12. The van der Waals surface area contributed by atoms with Crippen LogP contribution in [0.25, 0.3) is 32.2 Å². The average Bonchev–Trinajstić information content (AvgIpc) is 3.73. The number of imide groups is 1. The molecule has 0 spiro atoms. The molecule has 0 radical (unpaired) electrons. The van der Waals surface area contributed by atoms with Gasteiger partial charge in [-0.1, -0.05) is 48.5 Å². The van der Waals surface area contributed by atoms with Crippen LogP contribution in [0.5, 0.6) is 0 Å². The Morgan fingerprint density at radius 1 is 0.821 bits per heavy atom. The van der Waals surface area contributed by atoms with E-state index in [0.29, 0.717) is 23.5 Å². The predicted octanol–water partition coefficient (Wildman–Crippen LogP) is 6.44. The lowest BCUT2D eigenvalue weighted by Crippen LogP contribution is -2.30. The van der Waals surface area contributed by atoms with Gasteiger partial charge in [-0.2, -0.15) is 0 Å². The Balaban J connectivity index is 1.43. The van der Waals surface area contributed by atoms with E-state index in [0.717, 1.165) is 43.4 Å². The standard InChI is InChI=1S/C30H21N5O2S2/c1-18-16-38-28(32-18)26-27(20-11-12-23-24(13-20)39-17-31-23)34(14-19-7-3-2-4-8-19)25(33-26)15-35-29(36)21-9-5-6-10-22(21)30(35)37/h2-13,16-17H,14-15H2,1H3. The fourth-order valence-electron chi connectivity index (χ4n) is 4.99. The van der Waals surface area contributed by atoms with Crippen LogP contribution in [0.2, 0.25) is 0 Å². The minimum absolute atomic E-state index is 0.0549. The quantitative estimate of drug-likeness (QED) is 0.224. The highest BCUT2D eigenvalue weighted by Gasteiger charge is 2.36. The molecule has 7 rings (SSSR count). The molecule has 0 N–H and O–H groups in total. The van der Waals surface area contributed by atoms with E-state index < -0.39 is 0 Å². The van der Waals surface area contributed by atoms with E-state index in [-0.39, 0.29) is 18.4 Å². The number of thiazole rings is 2. The van der Waals surface area contributed by atoms with Crippen LogP contribution in [-0.2, 0) is 13.1 Å². The topological polar surface area (TPSA) is 81.0 Å². The molecule has 0 saturated carbocycles. The molecule has 9 heteroatoms. The summed E-state index contributed by atoms with van der Waals surface area (Å²) in [6.45, 7) is 2.54. The van der Waals surface area contributed by atoms with Gasteiger partial charge >= 0.3 is 0 Å². The number of aryl methyl sites for hydroxylation is 1. The zero-order valence-electron chi connectivity index (χ0n) is 20.9. The van der Waals surface area contributed by atoms with Crippen LogP contribution in [0.3, 0.4) is 0 Å². The van der Waals surface area contributed by atoms with Crippen LogP contribution in [0.15, 0.2) is 83.7 Å². The molecule has 190 valence electrons. The molecule has 2 amide bonds. The third kappa shape index (κ3) is 4.07. The van der Waals surface area contributed by atoms with Gasteiger partial charge in [0, 0.05) is 23.2 Å². The molecule has 6 aromatic rings. The van der Waals surface area contributed by atoms with Crippen molar-refractivity contribution in [2.45, 2.75) is 20.0 Å². The Bertz CT molecular complexity index is 1850. The molecule has 1 aliphatic heterocycles. The van der Waals surface area contributed by atoms with Crippen LogP contribution in [0.4, 0.5) is 0 Å². The summed E-state index contributed by atoms with van der Waals surface area (Å²) in [7, 11) is 0. The second-order valence-electron chi connectivity index (χ2n) is 9.37. The maximum atomic E-state index is 13.3. The number of carbonyl (C=O) groups is 2. The van der Waals surface area contributed by atoms with Gasteiger partial charge in [-0.3, -0.25) is 14.5 Å². The lowest BCUT2D eigenvalue weighted by Gasteiger charge is -2.17. The number of hydrogen-bond donors (Lipinski definition) is 0. The summed E-state index contributed by atoms with van der Waals surface area (Å²) in [5.41, 5.74) is 8.25. The summed E-state index contributed by atoms with van der Waals surface area (Å²) in [6, 6.07) is 23.3. The van der Waals surface area contributed by atoms with Crippen molar-refractivity contribution in [3.8, 4) is 22.0 Å². The summed E-state index contributed by atoms with van der Waals surface area (Å²) in [5.74, 6) is 0.0175. The summed E-state index contributed by atoms with van der Waals surface area (Å²) < 4.78 is 3.19. The molecular formula is C30H21N5O2S2. The largest absolute Gasteiger partial charge is 0.321 e. The first-order chi connectivity index (χ1) is 19.1. The van der Waals surface area contributed by atoms with Gasteiger partial charge in [0.25, 0.3) is 11.8 Å². The number of rotatable bonds is 6. The lowest BCUT2D eigenvalue weighted by atomic mass is 10.1. The van der Waals surface area contributed by atoms with E-state index >= 15 is 0 Å². The zero-order chi connectivity index (χ0) is 26.5. The number of fused-ring (bicyclic) bond motifs is 2. The van der Waals surface area contributed by atoms with Crippen molar-refractivity contribution in [3.05, 3.63) is 112 Å². The van der Waals surface area contributed by atoms with E-state index in [1.54, 1.807) is 35.6 Å². The van der Waals surface area contributed by atoms with Crippen molar-refractivity contribution >= 4 is 44.7 Å². The highest BCUT2D eigenvalue weighted by molar-refractivity contribution is 7.16. The van der Waals surface area contributed by atoms with Gasteiger partial charge in [-0.15, -0.1) is 22.7 Å². The lowest BCUT2D eigenvalue weighted by molar-refractivity contribution is 0.0637. The molecule has 0 bridgehead atoms. The number of nitrogens with zero attached hydrogens (tertiary/aromatic N) is 5. The third-order valence-corrected chi connectivity index (χ3v) is 8.59. The first kappa shape index (κ1) is 23.6. The average molecular weight is 548 g/mol. The summed E-state index contributed by atoms with van der Waals surface area (Å²) in [6.07, 6.45) is 0. The van der Waals surface area contributed by atoms with Gasteiger partial charge in [-0.25, -0.2) is 15.0 Å².